The molecule has 0 fully saturated rings. The monoisotopic (exact) mass is 577 g/mol. The van der Waals surface area contributed by atoms with Crippen molar-refractivity contribution in [3.8, 4) is 5.75 Å². The number of aryl methyl sites for hydroxylation is 2. The van der Waals surface area contributed by atoms with Gasteiger partial charge in [0.2, 0.25) is 0 Å². The Bertz CT molecular complexity index is 1020. The Labute approximate surface area is 226 Å². The van der Waals surface area contributed by atoms with E-state index in [9.17, 15) is 14.3 Å². The zero-order chi connectivity index (χ0) is 26.5. The van der Waals surface area contributed by atoms with Crippen LogP contribution in [-0.2, 0) is 17.6 Å². The SMILES string of the molecule is N/C=C(/Br)CNC(CCN(CCCCc1ccc2c(n1)NCCC2)CCOc1ccc(F)cc1)C(=O)O. The summed E-state index contributed by atoms with van der Waals surface area (Å²) in [6.45, 7) is 3.80. The predicted molar refractivity (Wildman–Crippen MR) is 148 cm³/mol. The zero-order valence-corrected chi connectivity index (χ0v) is 22.7. The number of nitrogens with one attached hydrogen (secondary N) is 2. The number of benzene rings is 1. The van der Waals surface area contributed by atoms with Gasteiger partial charge in [-0.25, -0.2) is 9.37 Å². The van der Waals surface area contributed by atoms with Crippen LogP contribution in [0.2, 0.25) is 0 Å². The number of aromatic nitrogens is 1. The molecule has 0 bridgehead atoms. The van der Waals surface area contributed by atoms with Crippen molar-refractivity contribution >= 4 is 27.7 Å². The Hall–Kier alpha value is -2.69. The van der Waals surface area contributed by atoms with Gasteiger partial charge in [-0.2, -0.15) is 0 Å². The number of carboxylic acid groups (broad SMARTS) is 1. The van der Waals surface area contributed by atoms with Crippen LogP contribution in [0, 0.1) is 5.82 Å². The third kappa shape index (κ3) is 10.3. The van der Waals surface area contributed by atoms with E-state index in [2.05, 4.69) is 43.6 Å². The van der Waals surface area contributed by atoms with Crippen LogP contribution in [0.15, 0.2) is 47.1 Å². The summed E-state index contributed by atoms with van der Waals surface area (Å²) < 4.78 is 19.6. The van der Waals surface area contributed by atoms with Gasteiger partial charge in [-0.3, -0.25) is 15.0 Å². The Kier molecular flexibility index (Phi) is 12.1. The highest BCUT2D eigenvalue weighted by Crippen LogP contribution is 2.20. The van der Waals surface area contributed by atoms with Crippen LogP contribution < -0.4 is 21.1 Å². The summed E-state index contributed by atoms with van der Waals surface area (Å²) in [5.41, 5.74) is 7.84. The number of aliphatic carboxylic acids is 1. The van der Waals surface area contributed by atoms with Gasteiger partial charge in [0, 0.05) is 42.6 Å². The van der Waals surface area contributed by atoms with Crippen molar-refractivity contribution in [3.05, 3.63) is 64.2 Å². The fourth-order valence-corrected chi connectivity index (χ4v) is 4.37. The van der Waals surface area contributed by atoms with Crippen molar-refractivity contribution < 1.29 is 19.0 Å². The molecule has 1 aromatic carbocycles. The van der Waals surface area contributed by atoms with Crippen LogP contribution in [0.4, 0.5) is 10.2 Å². The first-order valence-electron chi connectivity index (χ1n) is 12.8. The summed E-state index contributed by atoms with van der Waals surface area (Å²) in [6, 6.07) is 9.56. The quantitative estimate of drug-likeness (QED) is 0.222. The van der Waals surface area contributed by atoms with Gasteiger partial charge in [0.1, 0.15) is 30.0 Å². The molecule has 0 amide bonds. The number of rotatable bonds is 16. The van der Waals surface area contributed by atoms with E-state index in [-0.39, 0.29) is 5.82 Å². The van der Waals surface area contributed by atoms with E-state index in [1.807, 2.05) is 0 Å². The van der Waals surface area contributed by atoms with Crippen molar-refractivity contribution in [2.75, 3.05) is 44.6 Å². The standard InChI is InChI=1S/C27H37BrFN5O3/c28-21(18-30)19-32-25(27(35)36)12-15-34(16-17-37-24-10-7-22(29)8-11-24)14-2-1-5-23-9-6-20-4-3-13-31-26(20)33-23/h6-11,18,25,32H,1-5,12-17,19,30H2,(H,31,33)(H,35,36)/b21-18+. The number of unbranched alkanes of at least 4 members (excludes halogenated alkanes) is 1. The first-order valence-corrected chi connectivity index (χ1v) is 13.6. The summed E-state index contributed by atoms with van der Waals surface area (Å²) >= 11 is 3.30. The summed E-state index contributed by atoms with van der Waals surface area (Å²) in [6.07, 6.45) is 6.90. The van der Waals surface area contributed by atoms with Crippen LogP contribution in [0.5, 0.6) is 5.75 Å². The van der Waals surface area contributed by atoms with Gasteiger partial charge in [0.15, 0.2) is 0 Å². The molecule has 8 nitrogen and oxygen atoms in total. The minimum absolute atomic E-state index is 0.304. The molecular weight excluding hydrogens is 541 g/mol. The van der Waals surface area contributed by atoms with E-state index in [0.717, 1.165) is 56.7 Å². The maximum Gasteiger partial charge on any atom is 0.320 e. The van der Waals surface area contributed by atoms with Crippen LogP contribution in [0.25, 0.3) is 0 Å². The molecule has 0 aliphatic carbocycles. The van der Waals surface area contributed by atoms with Crippen LogP contribution in [0.3, 0.4) is 0 Å². The van der Waals surface area contributed by atoms with Gasteiger partial charge < -0.3 is 20.9 Å². The highest BCUT2D eigenvalue weighted by atomic mass is 79.9. The van der Waals surface area contributed by atoms with Gasteiger partial charge in [-0.1, -0.05) is 22.0 Å². The summed E-state index contributed by atoms with van der Waals surface area (Å²) in [4.78, 5) is 18.7. The molecular formula is C27H37BrFN5O3. The molecule has 37 heavy (non-hydrogen) atoms. The number of nitrogens with zero attached hydrogens (tertiary/aromatic N) is 2. The third-order valence-corrected chi connectivity index (χ3v) is 6.87. The van der Waals surface area contributed by atoms with Crippen molar-refractivity contribution in [2.24, 2.45) is 5.73 Å². The number of nitrogens with two attached hydrogens (primary N) is 1. The number of carbonyl (C=O) groups is 1. The maximum atomic E-state index is 13.2. The molecule has 1 aromatic heterocycles. The average Bonchev–Trinajstić information content (AvgIpc) is 2.91. The summed E-state index contributed by atoms with van der Waals surface area (Å²) in [7, 11) is 0. The molecule has 1 aliphatic rings. The van der Waals surface area contributed by atoms with Crippen molar-refractivity contribution in [1.29, 1.82) is 0 Å². The molecule has 5 N–H and O–H groups in total. The smallest absolute Gasteiger partial charge is 0.320 e. The predicted octanol–water partition coefficient (Wildman–Crippen LogP) is 3.91. The van der Waals surface area contributed by atoms with E-state index >= 15 is 0 Å². The van der Waals surface area contributed by atoms with Crippen molar-refractivity contribution in [1.82, 2.24) is 15.2 Å². The molecule has 2 aromatic rings. The van der Waals surface area contributed by atoms with E-state index < -0.39 is 12.0 Å². The number of ether oxygens (including phenoxy) is 1. The minimum Gasteiger partial charge on any atom is -0.492 e. The minimum atomic E-state index is -0.896. The molecule has 0 radical (unpaired) electrons. The summed E-state index contributed by atoms with van der Waals surface area (Å²) in [5, 5.41) is 16.0. The maximum absolute atomic E-state index is 13.2. The molecule has 0 saturated heterocycles. The Morgan fingerprint density at radius 2 is 2.05 bits per heavy atom. The van der Waals surface area contributed by atoms with Crippen LogP contribution in [0.1, 0.15) is 36.9 Å². The fourth-order valence-electron chi connectivity index (χ4n) is 4.21. The third-order valence-electron chi connectivity index (χ3n) is 6.33. The molecule has 10 heteroatoms. The zero-order valence-electron chi connectivity index (χ0n) is 21.1. The molecule has 0 spiro atoms. The van der Waals surface area contributed by atoms with Gasteiger partial charge in [-0.15, -0.1) is 0 Å². The number of hydrogen-bond acceptors (Lipinski definition) is 7. The fraction of sp³-hybridized carbons (Fsp3) is 0.481. The van der Waals surface area contributed by atoms with Gasteiger partial charge in [0.05, 0.1) is 0 Å². The number of pyridine rings is 1. The van der Waals surface area contributed by atoms with Crippen LogP contribution in [-0.4, -0.2) is 66.3 Å². The number of anilines is 1. The Morgan fingerprint density at radius 3 is 2.81 bits per heavy atom. The van der Waals surface area contributed by atoms with E-state index in [1.165, 1.54) is 23.9 Å². The number of hydrogen-bond donors (Lipinski definition) is 4. The first kappa shape index (κ1) is 28.9. The van der Waals surface area contributed by atoms with Crippen molar-refractivity contribution in [3.63, 3.8) is 0 Å². The number of fused-ring (bicyclic) bond motifs is 1. The molecule has 0 saturated carbocycles. The highest BCUT2D eigenvalue weighted by Gasteiger charge is 2.18. The number of carboxylic acids is 1. The average molecular weight is 579 g/mol. The lowest BCUT2D eigenvalue weighted by molar-refractivity contribution is -0.139. The molecule has 1 unspecified atom stereocenters. The molecule has 1 atom stereocenters. The lowest BCUT2D eigenvalue weighted by atomic mass is 10.1. The van der Waals surface area contributed by atoms with Gasteiger partial charge in [0.25, 0.3) is 0 Å². The summed E-state index contributed by atoms with van der Waals surface area (Å²) in [5.74, 6) is 0.428. The second-order valence-electron chi connectivity index (χ2n) is 9.12. The number of halogens is 2. The van der Waals surface area contributed by atoms with Gasteiger partial charge >= 0.3 is 5.97 Å². The molecule has 3 rings (SSSR count). The largest absolute Gasteiger partial charge is 0.492 e. The topological polar surface area (TPSA) is 113 Å². The molecule has 1 aliphatic heterocycles. The second kappa shape index (κ2) is 15.5. The lowest BCUT2D eigenvalue weighted by Crippen LogP contribution is -2.41. The van der Waals surface area contributed by atoms with Crippen LogP contribution >= 0.6 is 15.9 Å². The first-order chi connectivity index (χ1) is 17.9. The van der Waals surface area contributed by atoms with Crippen molar-refractivity contribution in [2.45, 2.75) is 44.6 Å². The highest BCUT2D eigenvalue weighted by molar-refractivity contribution is 9.11. The van der Waals surface area contributed by atoms with E-state index in [4.69, 9.17) is 15.5 Å². The Balaban J connectivity index is 1.50. The Morgan fingerprint density at radius 1 is 1.24 bits per heavy atom. The van der Waals surface area contributed by atoms with E-state index in [0.29, 0.717) is 42.9 Å². The second-order valence-corrected chi connectivity index (χ2v) is 10.1. The lowest BCUT2D eigenvalue weighted by Gasteiger charge is -2.24. The normalized spacial score (nSPS) is 14.2. The van der Waals surface area contributed by atoms with E-state index in [1.54, 1.807) is 12.1 Å². The molecule has 202 valence electrons. The van der Waals surface area contributed by atoms with Gasteiger partial charge in [-0.05, 0) is 81.0 Å². The molecule has 2 heterocycles.